The molecule has 0 N–H and O–H groups in total. The maximum atomic E-state index is 4.50. The third-order valence-corrected chi connectivity index (χ3v) is 1.42. The molecule has 0 fully saturated rings. The van der Waals surface area contributed by atoms with E-state index in [2.05, 4.69) is 27.6 Å². The van der Waals surface area contributed by atoms with Crippen LogP contribution in [0.25, 0.3) is 6.08 Å². The van der Waals surface area contributed by atoms with Gasteiger partial charge in [0.25, 0.3) is 0 Å². The van der Waals surface area contributed by atoms with Gasteiger partial charge in [-0.05, 0) is 0 Å². The molecule has 0 heterocycles. The van der Waals surface area contributed by atoms with Crippen LogP contribution in [0.4, 0.5) is 0 Å². The van der Waals surface area contributed by atoms with Crippen molar-refractivity contribution in [1.82, 2.24) is 0 Å². The zero-order chi connectivity index (χ0) is 7.23. The van der Waals surface area contributed by atoms with Crippen molar-refractivity contribution < 1.29 is 32.4 Å². The second kappa shape index (κ2) is 6.63. The SMILES string of the molecule is [Br-].[Ni+][CH2]C=Cc1ccccc1. The summed E-state index contributed by atoms with van der Waals surface area (Å²) in [6.07, 6.45) is 4.04. The van der Waals surface area contributed by atoms with Crippen molar-refractivity contribution in [3.8, 4) is 0 Å². The molecule has 0 nitrogen and oxygen atoms in total. The predicted octanol–water partition coefficient (Wildman–Crippen LogP) is -0.331. The summed E-state index contributed by atoms with van der Waals surface area (Å²) >= 11 is 4.50. The molecule has 0 spiro atoms. The molecule has 0 aliphatic heterocycles. The van der Waals surface area contributed by atoms with Crippen molar-refractivity contribution in [1.29, 1.82) is 0 Å². The number of rotatable bonds is 2. The Morgan fingerprint density at radius 1 is 1.18 bits per heavy atom. The first-order chi connectivity index (χ1) is 4.93. The number of allylic oxidation sites excluding steroid dienone is 1. The van der Waals surface area contributed by atoms with E-state index in [0.717, 1.165) is 5.39 Å². The summed E-state index contributed by atoms with van der Waals surface area (Å²) in [6, 6.07) is 10.2. The fraction of sp³-hybridized carbons (Fsp3) is 0.111. The summed E-state index contributed by atoms with van der Waals surface area (Å²) in [7, 11) is 0. The van der Waals surface area contributed by atoms with Crippen LogP contribution in [0.2, 0.25) is 5.39 Å². The molecule has 0 amide bonds. The molecule has 0 saturated heterocycles. The summed E-state index contributed by atoms with van der Waals surface area (Å²) < 4.78 is 0. The number of halogens is 1. The van der Waals surface area contributed by atoms with Crippen molar-refractivity contribution in [2.45, 2.75) is 5.39 Å². The van der Waals surface area contributed by atoms with Gasteiger partial charge >= 0.3 is 68.9 Å². The van der Waals surface area contributed by atoms with Gasteiger partial charge in [0.05, 0.1) is 0 Å². The summed E-state index contributed by atoms with van der Waals surface area (Å²) in [5.41, 5.74) is 1.22. The van der Waals surface area contributed by atoms with Gasteiger partial charge < -0.3 is 17.0 Å². The van der Waals surface area contributed by atoms with Crippen LogP contribution in [0.15, 0.2) is 36.4 Å². The molecule has 1 aromatic carbocycles. The molecule has 2 heteroatoms. The topological polar surface area (TPSA) is 0 Å². The Labute approximate surface area is 85.8 Å². The molecule has 0 aliphatic rings. The second-order valence-electron chi connectivity index (χ2n) is 1.94. The monoisotopic (exact) mass is 254 g/mol. The van der Waals surface area contributed by atoms with Crippen molar-refractivity contribution in [3.63, 3.8) is 0 Å². The molecule has 0 radical (unpaired) electrons. The van der Waals surface area contributed by atoms with E-state index >= 15 is 0 Å². The molecule has 11 heavy (non-hydrogen) atoms. The molecule has 62 valence electrons. The van der Waals surface area contributed by atoms with Crippen LogP contribution in [0, 0.1) is 0 Å². The predicted molar refractivity (Wildman–Crippen MR) is 40.3 cm³/mol. The molecule has 0 saturated carbocycles. The van der Waals surface area contributed by atoms with Crippen LogP contribution in [0.1, 0.15) is 5.56 Å². The minimum absolute atomic E-state index is 0. The van der Waals surface area contributed by atoms with Crippen molar-refractivity contribution in [2.24, 2.45) is 0 Å². The van der Waals surface area contributed by atoms with Crippen LogP contribution in [-0.4, -0.2) is 0 Å². The van der Waals surface area contributed by atoms with Crippen LogP contribution in [-0.2, 0) is 15.5 Å². The first kappa shape index (κ1) is 10.9. The molecule has 0 aliphatic carbocycles. The average Bonchev–Trinajstić information content (AvgIpc) is 2.03. The van der Waals surface area contributed by atoms with E-state index < -0.39 is 0 Å². The Balaban J connectivity index is 0.000001000. The number of benzene rings is 1. The fourth-order valence-electron chi connectivity index (χ4n) is 0.738. The van der Waals surface area contributed by atoms with E-state index in [0.29, 0.717) is 0 Å². The normalized spacial score (nSPS) is 9.64. The van der Waals surface area contributed by atoms with Gasteiger partial charge in [-0.3, -0.25) is 0 Å². The van der Waals surface area contributed by atoms with E-state index in [1.54, 1.807) is 0 Å². The molecule has 0 bridgehead atoms. The van der Waals surface area contributed by atoms with E-state index in [1.165, 1.54) is 5.56 Å². The average molecular weight is 256 g/mol. The third-order valence-electron chi connectivity index (χ3n) is 1.18. The Hall–Kier alpha value is -0.0665. The summed E-state index contributed by atoms with van der Waals surface area (Å²) in [5, 5.41) is 0.731. The molecule has 1 rings (SSSR count). The summed E-state index contributed by atoms with van der Waals surface area (Å²) in [6.45, 7) is 0. The molecular weight excluding hydrogens is 247 g/mol. The van der Waals surface area contributed by atoms with Gasteiger partial charge in [-0.1, -0.05) is 0 Å². The van der Waals surface area contributed by atoms with Crippen LogP contribution >= 0.6 is 0 Å². The van der Waals surface area contributed by atoms with E-state index in [4.69, 9.17) is 0 Å². The number of hydrogen-bond acceptors (Lipinski definition) is 0. The van der Waals surface area contributed by atoms with Crippen molar-refractivity contribution in [3.05, 3.63) is 42.0 Å². The van der Waals surface area contributed by atoms with Crippen molar-refractivity contribution >= 4 is 6.08 Å². The van der Waals surface area contributed by atoms with Gasteiger partial charge in [0.15, 0.2) is 0 Å². The Kier molecular flexibility index (Phi) is 6.59. The van der Waals surface area contributed by atoms with Gasteiger partial charge in [-0.2, -0.15) is 0 Å². The first-order valence-electron chi connectivity index (χ1n) is 3.16. The standard InChI is InChI=1S/C9H9.BrH.Ni/c1-2-6-9-7-4-3-5-8-9;;/h2-8H,1H2;1H;/q;;+1/p-1. The van der Waals surface area contributed by atoms with Crippen molar-refractivity contribution in [2.75, 3.05) is 0 Å². The minimum atomic E-state index is 0. The summed E-state index contributed by atoms with van der Waals surface area (Å²) in [4.78, 5) is 0. The van der Waals surface area contributed by atoms with Crippen LogP contribution in [0.3, 0.4) is 0 Å². The zero-order valence-electron chi connectivity index (χ0n) is 5.94. The third kappa shape index (κ3) is 4.39. The molecule has 0 unspecified atom stereocenters. The van der Waals surface area contributed by atoms with E-state index in [-0.39, 0.29) is 17.0 Å². The quantitative estimate of drug-likeness (QED) is 0.635. The van der Waals surface area contributed by atoms with Gasteiger partial charge in [0, 0.05) is 0 Å². The molecular formula is C9H9BrNi. The first-order valence-corrected chi connectivity index (χ1v) is 3.86. The van der Waals surface area contributed by atoms with E-state index in [9.17, 15) is 0 Å². The molecule has 1 aromatic rings. The zero-order valence-corrected chi connectivity index (χ0v) is 8.52. The Morgan fingerprint density at radius 3 is 2.36 bits per heavy atom. The van der Waals surface area contributed by atoms with Crippen LogP contribution < -0.4 is 17.0 Å². The van der Waals surface area contributed by atoms with E-state index in [1.807, 2.05) is 30.4 Å². The molecule has 0 aromatic heterocycles. The molecule has 0 atom stereocenters. The summed E-state index contributed by atoms with van der Waals surface area (Å²) in [5.74, 6) is 0. The van der Waals surface area contributed by atoms with Gasteiger partial charge in [0.2, 0.25) is 0 Å². The fourth-order valence-corrected chi connectivity index (χ4v) is 0.854. The Morgan fingerprint density at radius 2 is 1.82 bits per heavy atom. The van der Waals surface area contributed by atoms with Crippen LogP contribution in [0.5, 0.6) is 0 Å². The number of hydrogen-bond donors (Lipinski definition) is 0. The maximum absolute atomic E-state index is 4.50. The van der Waals surface area contributed by atoms with Gasteiger partial charge in [-0.25, -0.2) is 0 Å². The second-order valence-corrected chi connectivity index (χ2v) is 2.35. The van der Waals surface area contributed by atoms with Gasteiger partial charge in [-0.15, -0.1) is 0 Å². The Bertz CT molecular complexity index is 206. The van der Waals surface area contributed by atoms with Gasteiger partial charge in [0.1, 0.15) is 0 Å².